The van der Waals surface area contributed by atoms with Gasteiger partial charge >= 0.3 is 0 Å². The molecule has 1 rings (SSSR count). The molecule has 0 heterocycles. The van der Waals surface area contributed by atoms with Gasteiger partial charge in [-0.05, 0) is 38.6 Å². The third-order valence-corrected chi connectivity index (χ3v) is 3.41. The number of hydrogen-bond acceptors (Lipinski definition) is 3. The molecule has 0 amide bonds. The first-order valence-corrected chi connectivity index (χ1v) is 7.29. The van der Waals surface area contributed by atoms with Crippen LogP contribution in [0.3, 0.4) is 0 Å². The van der Waals surface area contributed by atoms with Gasteiger partial charge < -0.3 is 14.8 Å². The van der Waals surface area contributed by atoms with Crippen LogP contribution >= 0.6 is 0 Å². The Balaban J connectivity index is 1.64. The molecule has 102 valence electrons. The number of rotatable bonds is 12. The van der Waals surface area contributed by atoms with Crippen molar-refractivity contribution in [2.45, 2.75) is 45.4 Å². The van der Waals surface area contributed by atoms with E-state index in [0.29, 0.717) is 0 Å². The van der Waals surface area contributed by atoms with Gasteiger partial charge in [-0.3, -0.25) is 0 Å². The first-order valence-electron chi connectivity index (χ1n) is 7.29. The highest BCUT2D eigenvalue weighted by atomic mass is 16.5. The van der Waals surface area contributed by atoms with Crippen molar-refractivity contribution in [2.75, 3.05) is 39.5 Å². The van der Waals surface area contributed by atoms with Gasteiger partial charge in [0.05, 0.1) is 6.61 Å². The van der Waals surface area contributed by atoms with E-state index in [0.717, 1.165) is 51.9 Å². The molecule has 0 aliphatic heterocycles. The van der Waals surface area contributed by atoms with Crippen LogP contribution < -0.4 is 5.32 Å². The fourth-order valence-corrected chi connectivity index (χ4v) is 2.00. The highest BCUT2D eigenvalue weighted by molar-refractivity contribution is 4.68. The maximum absolute atomic E-state index is 5.60. The molecule has 0 atom stereocenters. The Kier molecular flexibility index (Phi) is 9.66. The molecule has 0 unspecified atom stereocenters. The summed E-state index contributed by atoms with van der Waals surface area (Å²) in [6, 6.07) is 0. The summed E-state index contributed by atoms with van der Waals surface area (Å²) >= 11 is 0. The van der Waals surface area contributed by atoms with Gasteiger partial charge in [0.25, 0.3) is 0 Å². The van der Waals surface area contributed by atoms with E-state index >= 15 is 0 Å². The van der Waals surface area contributed by atoms with Gasteiger partial charge in [0.1, 0.15) is 0 Å². The lowest BCUT2D eigenvalue weighted by atomic mass is 9.83. The number of hydrogen-bond donors (Lipinski definition) is 1. The van der Waals surface area contributed by atoms with Crippen molar-refractivity contribution in [1.29, 1.82) is 0 Å². The molecule has 1 aliphatic rings. The second-order valence-corrected chi connectivity index (χ2v) is 4.85. The minimum absolute atomic E-state index is 0.836. The normalized spacial score (nSPS) is 16.1. The van der Waals surface area contributed by atoms with Crippen LogP contribution in [0.5, 0.6) is 0 Å². The van der Waals surface area contributed by atoms with E-state index in [9.17, 15) is 0 Å². The van der Waals surface area contributed by atoms with Crippen LogP contribution in [0.4, 0.5) is 0 Å². The molecule has 0 spiro atoms. The quantitative estimate of drug-likeness (QED) is 0.534. The van der Waals surface area contributed by atoms with Crippen molar-refractivity contribution in [3.63, 3.8) is 0 Å². The number of unbranched alkanes of at least 4 members (excludes halogenated alkanes) is 1. The van der Waals surface area contributed by atoms with E-state index < -0.39 is 0 Å². The van der Waals surface area contributed by atoms with E-state index in [4.69, 9.17) is 9.47 Å². The van der Waals surface area contributed by atoms with Crippen LogP contribution in [0.15, 0.2) is 0 Å². The average molecular weight is 243 g/mol. The lowest BCUT2D eigenvalue weighted by molar-refractivity contribution is 0.108. The monoisotopic (exact) mass is 243 g/mol. The predicted octanol–water partition coefficient (Wildman–Crippen LogP) is 2.60. The van der Waals surface area contributed by atoms with Gasteiger partial charge in [-0.15, -0.1) is 0 Å². The molecule has 0 saturated heterocycles. The zero-order valence-electron chi connectivity index (χ0n) is 11.4. The molecule has 1 N–H and O–H groups in total. The summed E-state index contributed by atoms with van der Waals surface area (Å²) < 4.78 is 10.9. The fraction of sp³-hybridized carbons (Fsp3) is 1.00. The highest BCUT2D eigenvalue weighted by Gasteiger charge is 2.16. The number of nitrogens with one attached hydrogen (secondary N) is 1. The van der Waals surface area contributed by atoms with Gasteiger partial charge in [-0.2, -0.15) is 0 Å². The van der Waals surface area contributed by atoms with Gasteiger partial charge in [0, 0.05) is 26.4 Å². The Morgan fingerprint density at radius 2 is 1.88 bits per heavy atom. The van der Waals surface area contributed by atoms with Crippen LogP contribution in [0.1, 0.15) is 45.4 Å². The average Bonchev–Trinajstić information content (AvgIpc) is 2.28. The second kappa shape index (κ2) is 11.0. The molecule has 0 radical (unpaired) electrons. The molecule has 0 bridgehead atoms. The zero-order valence-corrected chi connectivity index (χ0v) is 11.4. The smallest absolute Gasteiger partial charge is 0.0590 e. The molecule has 0 aromatic carbocycles. The maximum Gasteiger partial charge on any atom is 0.0590 e. The molecule has 1 fully saturated rings. The Morgan fingerprint density at radius 3 is 2.59 bits per heavy atom. The fourth-order valence-electron chi connectivity index (χ4n) is 2.00. The van der Waals surface area contributed by atoms with Crippen LogP contribution in [0.25, 0.3) is 0 Å². The Morgan fingerprint density at radius 1 is 1.00 bits per heavy atom. The molecule has 17 heavy (non-hydrogen) atoms. The maximum atomic E-state index is 5.60. The molecule has 1 saturated carbocycles. The topological polar surface area (TPSA) is 30.5 Å². The van der Waals surface area contributed by atoms with E-state index in [1.807, 2.05) is 6.92 Å². The van der Waals surface area contributed by atoms with Crippen LogP contribution in [0, 0.1) is 5.92 Å². The molecule has 0 aromatic rings. The lowest BCUT2D eigenvalue weighted by Crippen LogP contribution is -2.22. The first kappa shape index (κ1) is 14.9. The van der Waals surface area contributed by atoms with Crippen molar-refractivity contribution >= 4 is 0 Å². The Bertz CT molecular complexity index is 160. The van der Waals surface area contributed by atoms with Crippen molar-refractivity contribution in [3.8, 4) is 0 Å². The summed E-state index contributed by atoms with van der Waals surface area (Å²) in [5.41, 5.74) is 0. The van der Waals surface area contributed by atoms with Crippen LogP contribution in [0.2, 0.25) is 0 Å². The highest BCUT2D eigenvalue weighted by Crippen LogP contribution is 2.28. The molecule has 3 heteroatoms. The van der Waals surface area contributed by atoms with Gasteiger partial charge in [0.15, 0.2) is 0 Å². The summed E-state index contributed by atoms with van der Waals surface area (Å²) in [5.74, 6) is 0.974. The van der Waals surface area contributed by atoms with Crippen LogP contribution in [-0.2, 0) is 9.47 Å². The van der Waals surface area contributed by atoms with Gasteiger partial charge in [0.2, 0.25) is 0 Å². The van der Waals surface area contributed by atoms with E-state index in [-0.39, 0.29) is 0 Å². The van der Waals surface area contributed by atoms with E-state index in [2.05, 4.69) is 5.32 Å². The van der Waals surface area contributed by atoms with Crippen molar-refractivity contribution in [3.05, 3.63) is 0 Å². The summed E-state index contributed by atoms with van der Waals surface area (Å²) in [6.07, 6.45) is 7.93. The predicted molar refractivity (Wildman–Crippen MR) is 71.4 cm³/mol. The third kappa shape index (κ3) is 8.58. The number of ether oxygens (including phenoxy) is 2. The van der Waals surface area contributed by atoms with Crippen molar-refractivity contribution < 1.29 is 9.47 Å². The van der Waals surface area contributed by atoms with Crippen LogP contribution in [-0.4, -0.2) is 39.5 Å². The lowest BCUT2D eigenvalue weighted by Gasteiger charge is -2.24. The van der Waals surface area contributed by atoms with Crippen molar-refractivity contribution in [1.82, 2.24) is 5.32 Å². The Hall–Kier alpha value is -0.120. The first-order chi connectivity index (χ1) is 8.43. The summed E-state index contributed by atoms with van der Waals surface area (Å²) in [6.45, 7) is 7.66. The minimum Gasteiger partial charge on any atom is -0.382 e. The van der Waals surface area contributed by atoms with Crippen molar-refractivity contribution in [2.24, 2.45) is 5.92 Å². The zero-order chi connectivity index (χ0) is 12.2. The van der Waals surface area contributed by atoms with Gasteiger partial charge in [-0.1, -0.05) is 19.3 Å². The van der Waals surface area contributed by atoms with E-state index in [1.165, 1.54) is 32.1 Å². The third-order valence-electron chi connectivity index (χ3n) is 3.41. The molecule has 0 aromatic heterocycles. The molecular formula is C14H29NO2. The van der Waals surface area contributed by atoms with E-state index in [1.54, 1.807) is 0 Å². The molecular weight excluding hydrogens is 214 g/mol. The van der Waals surface area contributed by atoms with Gasteiger partial charge in [-0.25, -0.2) is 0 Å². The largest absolute Gasteiger partial charge is 0.382 e. The molecule has 1 aliphatic carbocycles. The molecule has 3 nitrogen and oxygen atoms in total. The standard InChI is InChI=1S/C14H29NO2/c1-2-16-11-4-3-9-15-10-13-17-12-8-14-6-5-7-14/h14-15H,2-13H2,1H3. The second-order valence-electron chi connectivity index (χ2n) is 4.85. The summed E-state index contributed by atoms with van der Waals surface area (Å²) in [5, 5.41) is 3.40. The summed E-state index contributed by atoms with van der Waals surface area (Å²) in [4.78, 5) is 0. The Labute approximate surface area is 106 Å². The SMILES string of the molecule is CCOCCCCNCCOCCC1CCC1. The summed E-state index contributed by atoms with van der Waals surface area (Å²) in [7, 11) is 0. The minimum atomic E-state index is 0.836.